The third-order valence-corrected chi connectivity index (χ3v) is 4.23. The lowest BCUT2D eigenvalue weighted by atomic mass is 10.2. The Labute approximate surface area is 153 Å². The number of hydrogen-bond donors (Lipinski definition) is 2. The minimum absolute atomic E-state index is 0.0856. The van der Waals surface area contributed by atoms with Crippen molar-refractivity contribution in [3.05, 3.63) is 54.4 Å². The first-order chi connectivity index (χ1) is 12.6. The van der Waals surface area contributed by atoms with Gasteiger partial charge >= 0.3 is 0 Å². The van der Waals surface area contributed by atoms with Crippen LogP contribution in [0.1, 0.15) is 12.5 Å². The van der Waals surface area contributed by atoms with Gasteiger partial charge in [0, 0.05) is 23.5 Å². The molecule has 132 valence electrons. The predicted molar refractivity (Wildman–Crippen MR) is 96.7 cm³/mol. The standard InChI is InChI=1S/C17H15N5O3S/c1-11(15(24)20-19-10-13-4-2-3-5-14(13)23)26-17-22-21-16(25-17)12-6-8-18-9-7-12/h2-11,23H,1H3,(H,20,24)/b19-10-/t11-/m1/s1. The third kappa shape index (κ3) is 4.45. The average Bonchev–Trinajstić information content (AvgIpc) is 3.12. The highest BCUT2D eigenvalue weighted by atomic mass is 32.2. The number of nitrogens with zero attached hydrogens (tertiary/aromatic N) is 4. The molecule has 2 aromatic heterocycles. The summed E-state index contributed by atoms with van der Waals surface area (Å²) >= 11 is 1.13. The molecule has 2 N–H and O–H groups in total. The Hall–Kier alpha value is -3.20. The molecular weight excluding hydrogens is 354 g/mol. The Balaban J connectivity index is 1.56. The number of aromatic hydroxyl groups is 1. The van der Waals surface area contributed by atoms with E-state index in [0.717, 1.165) is 17.3 Å². The summed E-state index contributed by atoms with van der Waals surface area (Å²) in [4.78, 5) is 16.0. The molecule has 0 bridgehead atoms. The van der Waals surface area contributed by atoms with Crippen molar-refractivity contribution in [1.29, 1.82) is 0 Å². The van der Waals surface area contributed by atoms with Crippen LogP contribution in [0.4, 0.5) is 0 Å². The quantitative estimate of drug-likeness (QED) is 0.390. The fourth-order valence-electron chi connectivity index (χ4n) is 1.93. The van der Waals surface area contributed by atoms with Crippen molar-refractivity contribution in [1.82, 2.24) is 20.6 Å². The number of hydrazone groups is 1. The molecule has 26 heavy (non-hydrogen) atoms. The van der Waals surface area contributed by atoms with E-state index in [2.05, 4.69) is 25.7 Å². The minimum Gasteiger partial charge on any atom is -0.507 e. The molecule has 0 aliphatic heterocycles. The molecule has 1 aromatic carbocycles. The molecule has 0 aliphatic carbocycles. The number of amides is 1. The topological polar surface area (TPSA) is 114 Å². The minimum atomic E-state index is -0.498. The van der Waals surface area contributed by atoms with Gasteiger partial charge in [0.1, 0.15) is 5.75 Å². The van der Waals surface area contributed by atoms with Crippen molar-refractivity contribution in [3.8, 4) is 17.2 Å². The van der Waals surface area contributed by atoms with Crippen LogP contribution in [-0.4, -0.2) is 37.7 Å². The molecule has 0 unspecified atom stereocenters. The number of thioether (sulfide) groups is 1. The molecule has 3 aromatic rings. The monoisotopic (exact) mass is 369 g/mol. The van der Waals surface area contributed by atoms with Gasteiger partial charge in [-0.3, -0.25) is 9.78 Å². The van der Waals surface area contributed by atoms with Crippen molar-refractivity contribution in [2.45, 2.75) is 17.4 Å². The summed E-state index contributed by atoms with van der Waals surface area (Å²) in [5, 5.41) is 21.2. The van der Waals surface area contributed by atoms with E-state index in [1.54, 1.807) is 49.6 Å². The first-order valence-corrected chi connectivity index (χ1v) is 8.53. The van der Waals surface area contributed by atoms with E-state index in [9.17, 15) is 9.90 Å². The van der Waals surface area contributed by atoms with Crippen LogP contribution in [0, 0.1) is 0 Å². The van der Waals surface area contributed by atoms with E-state index in [4.69, 9.17) is 4.42 Å². The molecule has 0 saturated heterocycles. The van der Waals surface area contributed by atoms with E-state index in [1.165, 1.54) is 12.3 Å². The molecule has 1 amide bonds. The second-order valence-corrected chi connectivity index (χ2v) is 6.45. The highest BCUT2D eigenvalue weighted by molar-refractivity contribution is 8.00. The maximum absolute atomic E-state index is 12.1. The molecule has 0 radical (unpaired) electrons. The first kappa shape index (κ1) is 17.6. The fraction of sp³-hybridized carbons (Fsp3) is 0.118. The lowest BCUT2D eigenvalue weighted by molar-refractivity contribution is -0.120. The number of phenolic OH excluding ortho intramolecular Hbond substituents is 1. The normalized spacial score (nSPS) is 12.2. The highest BCUT2D eigenvalue weighted by Crippen LogP contribution is 2.25. The van der Waals surface area contributed by atoms with E-state index < -0.39 is 5.25 Å². The summed E-state index contributed by atoms with van der Waals surface area (Å²) in [6.07, 6.45) is 4.63. The molecule has 2 heterocycles. The van der Waals surface area contributed by atoms with Crippen molar-refractivity contribution < 1.29 is 14.3 Å². The van der Waals surface area contributed by atoms with Gasteiger partial charge in [0.05, 0.1) is 11.5 Å². The van der Waals surface area contributed by atoms with Gasteiger partial charge in [-0.1, -0.05) is 23.9 Å². The number of para-hydroxylation sites is 1. The zero-order valence-electron chi connectivity index (χ0n) is 13.7. The van der Waals surface area contributed by atoms with E-state index >= 15 is 0 Å². The molecule has 0 spiro atoms. The summed E-state index contributed by atoms with van der Waals surface area (Å²) in [7, 11) is 0. The van der Waals surface area contributed by atoms with Crippen molar-refractivity contribution in [2.75, 3.05) is 0 Å². The van der Waals surface area contributed by atoms with Crippen LogP contribution in [-0.2, 0) is 4.79 Å². The molecule has 3 rings (SSSR count). The van der Waals surface area contributed by atoms with Crippen LogP contribution in [0.3, 0.4) is 0 Å². The lowest BCUT2D eigenvalue weighted by Gasteiger charge is -2.05. The Morgan fingerprint density at radius 2 is 2.04 bits per heavy atom. The van der Waals surface area contributed by atoms with Crippen LogP contribution in [0.15, 0.2) is 63.5 Å². The fourth-order valence-corrected chi connectivity index (χ4v) is 2.60. The highest BCUT2D eigenvalue weighted by Gasteiger charge is 2.18. The van der Waals surface area contributed by atoms with Gasteiger partial charge in [0.25, 0.3) is 11.1 Å². The summed E-state index contributed by atoms with van der Waals surface area (Å²) in [6, 6.07) is 10.2. The van der Waals surface area contributed by atoms with Gasteiger partial charge in [-0.2, -0.15) is 5.10 Å². The number of benzene rings is 1. The van der Waals surface area contributed by atoms with Gasteiger partial charge in [0.15, 0.2) is 0 Å². The average molecular weight is 369 g/mol. The van der Waals surface area contributed by atoms with E-state index in [-0.39, 0.29) is 16.9 Å². The Morgan fingerprint density at radius 3 is 2.81 bits per heavy atom. The number of phenols is 1. The number of hydrogen-bond acceptors (Lipinski definition) is 8. The summed E-state index contributed by atoms with van der Waals surface area (Å²) in [5.74, 6) is 0.118. The number of rotatable bonds is 6. The predicted octanol–water partition coefficient (Wildman–Crippen LogP) is 2.47. The zero-order valence-corrected chi connectivity index (χ0v) is 14.6. The van der Waals surface area contributed by atoms with E-state index in [1.807, 2.05) is 0 Å². The second-order valence-electron chi connectivity index (χ2n) is 5.16. The number of carbonyl (C=O) groups is 1. The second kappa shape index (κ2) is 8.26. The van der Waals surface area contributed by atoms with Crippen LogP contribution in [0.2, 0.25) is 0 Å². The van der Waals surface area contributed by atoms with Crippen LogP contribution in [0.25, 0.3) is 11.5 Å². The van der Waals surface area contributed by atoms with Crippen molar-refractivity contribution >= 4 is 23.9 Å². The van der Waals surface area contributed by atoms with Crippen LogP contribution >= 0.6 is 11.8 Å². The molecule has 8 nitrogen and oxygen atoms in total. The van der Waals surface area contributed by atoms with Gasteiger partial charge in [-0.05, 0) is 31.2 Å². The molecule has 0 fully saturated rings. The molecule has 1 atom stereocenters. The third-order valence-electron chi connectivity index (χ3n) is 3.30. The van der Waals surface area contributed by atoms with Crippen LogP contribution < -0.4 is 5.43 Å². The molecule has 9 heteroatoms. The van der Waals surface area contributed by atoms with Crippen LogP contribution in [0.5, 0.6) is 5.75 Å². The Morgan fingerprint density at radius 1 is 1.27 bits per heavy atom. The first-order valence-electron chi connectivity index (χ1n) is 7.65. The van der Waals surface area contributed by atoms with E-state index in [0.29, 0.717) is 11.5 Å². The van der Waals surface area contributed by atoms with Crippen molar-refractivity contribution in [3.63, 3.8) is 0 Å². The summed E-state index contributed by atoms with van der Waals surface area (Å²) < 4.78 is 5.54. The number of aromatic nitrogens is 3. The Kier molecular flexibility index (Phi) is 5.59. The maximum atomic E-state index is 12.1. The van der Waals surface area contributed by atoms with Crippen molar-refractivity contribution in [2.24, 2.45) is 5.10 Å². The molecular formula is C17H15N5O3S. The Bertz CT molecular complexity index is 914. The van der Waals surface area contributed by atoms with Gasteiger partial charge in [0.2, 0.25) is 5.89 Å². The van der Waals surface area contributed by atoms with Gasteiger partial charge in [-0.25, -0.2) is 5.43 Å². The van der Waals surface area contributed by atoms with Gasteiger partial charge in [-0.15, -0.1) is 10.2 Å². The lowest BCUT2D eigenvalue weighted by Crippen LogP contribution is -2.26. The number of carbonyl (C=O) groups excluding carboxylic acids is 1. The summed E-state index contributed by atoms with van der Waals surface area (Å²) in [5.41, 5.74) is 3.68. The number of nitrogens with one attached hydrogen (secondary N) is 1. The molecule has 0 saturated carbocycles. The summed E-state index contributed by atoms with van der Waals surface area (Å²) in [6.45, 7) is 1.70. The molecule has 0 aliphatic rings. The largest absolute Gasteiger partial charge is 0.507 e. The maximum Gasteiger partial charge on any atom is 0.277 e. The van der Waals surface area contributed by atoms with Gasteiger partial charge < -0.3 is 9.52 Å². The number of pyridine rings is 1. The smallest absolute Gasteiger partial charge is 0.277 e. The zero-order chi connectivity index (χ0) is 18.4. The SMILES string of the molecule is C[C@@H](Sc1nnc(-c2ccncc2)o1)C(=O)N/N=C\c1ccccc1O.